The molecule has 0 aliphatic rings. The molecule has 8 heteroatoms. The number of carbonyl (C=O) groups excluding carboxylic acids is 1. The topological polar surface area (TPSA) is 108 Å². The van der Waals surface area contributed by atoms with Gasteiger partial charge in [-0.15, -0.1) is 6.58 Å². The quantitative estimate of drug-likeness (QED) is 0.557. The van der Waals surface area contributed by atoms with Crippen molar-refractivity contribution in [1.29, 1.82) is 10.5 Å². The number of amides is 1. The van der Waals surface area contributed by atoms with Gasteiger partial charge in [0, 0.05) is 11.1 Å². The van der Waals surface area contributed by atoms with Gasteiger partial charge in [-0.05, 0) is 6.07 Å². The number of benzene rings is 1. The van der Waals surface area contributed by atoms with Crippen LogP contribution in [0.4, 0.5) is 10.2 Å². The van der Waals surface area contributed by atoms with Crippen molar-refractivity contribution in [3.8, 4) is 29.1 Å². The maximum Gasteiger partial charge on any atom is 0.234 e. The summed E-state index contributed by atoms with van der Waals surface area (Å²) >= 11 is 0. The van der Waals surface area contributed by atoms with Crippen LogP contribution >= 0.6 is 0 Å². The van der Waals surface area contributed by atoms with E-state index in [4.69, 9.17) is 9.47 Å². The molecule has 0 radical (unpaired) electrons. The lowest BCUT2D eigenvalue weighted by atomic mass is 9.96. The highest BCUT2D eigenvalue weighted by Gasteiger charge is 2.24. The zero-order chi connectivity index (χ0) is 20.5. The summed E-state index contributed by atoms with van der Waals surface area (Å²) in [5, 5.41) is 21.7. The Morgan fingerprint density at radius 2 is 2.04 bits per heavy atom. The van der Waals surface area contributed by atoms with Crippen LogP contribution in [0.3, 0.4) is 0 Å². The fourth-order valence-corrected chi connectivity index (χ4v) is 2.47. The summed E-state index contributed by atoms with van der Waals surface area (Å²) in [7, 11) is 1.29. The van der Waals surface area contributed by atoms with Gasteiger partial charge in [0.15, 0.2) is 5.82 Å². The van der Waals surface area contributed by atoms with E-state index >= 15 is 0 Å². The Morgan fingerprint density at radius 1 is 1.32 bits per heavy atom. The molecular formula is C20H17FN4O3. The highest BCUT2D eigenvalue weighted by molar-refractivity contribution is 5.94. The summed E-state index contributed by atoms with van der Waals surface area (Å²) in [6.07, 6.45) is 1.57. The minimum atomic E-state index is -0.626. The maximum absolute atomic E-state index is 14.4. The standard InChI is InChI=1S/C20H17FN4O3/c1-3-9-28-10-8-17(26)24-19-14(11-22)18(13-6-4-5-7-16(13)21)15(12-23)20(25-19)27-2/h3-7H,1,8-10H2,2H3,(H,24,25,26). The second-order valence-electron chi connectivity index (χ2n) is 5.46. The molecule has 0 saturated heterocycles. The lowest BCUT2D eigenvalue weighted by Gasteiger charge is -2.15. The SMILES string of the molecule is C=CCOCCC(=O)Nc1nc(OC)c(C#N)c(-c2ccccc2F)c1C#N. The number of aromatic nitrogens is 1. The first-order chi connectivity index (χ1) is 13.6. The van der Waals surface area contributed by atoms with E-state index in [1.54, 1.807) is 12.1 Å². The first-order valence-corrected chi connectivity index (χ1v) is 8.22. The van der Waals surface area contributed by atoms with Crippen LogP contribution in [0.1, 0.15) is 17.5 Å². The Bertz CT molecular complexity index is 977. The Morgan fingerprint density at radius 3 is 2.64 bits per heavy atom. The molecule has 1 aromatic carbocycles. The van der Waals surface area contributed by atoms with Crippen molar-refractivity contribution in [3.63, 3.8) is 0 Å². The van der Waals surface area contributed by atoms with Crippen LogP contribution in [0.25, 0.3) is 11.1 Å². The number of hydrogen-bond acceptors (Lipinski definition) is 6. The molecule has 1 heterocycles. The summed E-state index contributed by atoms with van der Waals surface area (Å²) in [6.45, 7) is 3.96. The molecule has 1 amide bonds. The average Bonchev–Trinajstić information content (AvgIpc) is 2.70. The fraction of sp³-hybridized carbons (Fsp3) is 0.200. The third-order valence-electron chi connectivity index (χ3n) is 3.69. The van der Waals surface area contributed by atoms with E-state index in [1.165, 1.54) is 25.3 Å². The van der Waals surface area contributed by atoms with Gasteiger partial charge in [0.1, 0.15) is 29.1 Å². The molecule has 142 valence electrons. The first-order valence-electron chi connectivity index (χ1n) is 8.22. The molecule has 7 nitrogen and oxygen atoms in total. The van der Waals surface area contributed by atoms with Crippen LogP contribution in [0.5, 0.6) is 5.88 Å². The van der Waals surface area contributed by atoms with E-state index < -0.39 is 11.7 Å². The lowest BCUT2D eigenvalue weighted by molar-refractivity contribution is -0.117. The molecule has 2 aromatic rings. The van der Waals surface area contributed by atoms with Crippen molar-refractivity contribution >= 4 is 11.7 Å². The Labute approximate surface area is 161 Å². The van der Waals surface area contributed by atoms with Gasteiger partial charge < -0.3 is 14.8 Å². The normalized spacial score (nSPS) is 9.86. The predicted octanol–water partition coefficient (Wildman–Crippen LogP) is 3.17. The second-order valence-corrected chi connectivity index (χ2v) is 5.46. The van der Waals surface area contributed by atoms with Gasteiger partial charge in [0.2, 0.25) is 11.8 Å². The van der Waals surface area contributed by atoms with Gasteiger partial charge in [0.05, 0.1) is 26.7 Å². The first kappa shape index (κ1) is 20.6. The monoisotopic (exact) mass is 380 g/mol. The predicted molar refractivity (Wildman–Crippen MR) is 99.9 cm³/mol. The van der Waals surface area contributed by atoms with E-state index in [1.807, 2.05) is 12.1 Å². The second kappa shape index (κ2) is 9.81. The van der Waals surface area contributed by atoms with E-state index in [-0.39, 0.29) is 47.0 Å². The Balaban J connectivity index is 2.53. The number of carbonyl (C=O) groups is 1. The number of nitrogens with one attached hydrogen (secondary N) is 1. The number of pyridine rings is 1. The third kappa shape index (κ3) is 4.50. The van der Waals surface area contributed by atoms with E-state index in [9.17, 15) is 19.7 Å². The summed E-state index contributed by atoms with van der Waals surface area (Å²) in [5.74, 6) is -1.33. The molecule has 1 N–H and O–H groups in total. The highest BCUT2D eigenvalue weighted by Crippen LogP contribution is 2.37. The summed E-state index contributed by atoms with van der Waals surface area (Å²) in [5.41, 5.74) is -0.200. The minimum absolute atomic E-state index is 0.00755. The molecule has 0 bridgehead atoms. The van der Waals surface area contributed by atoms with Crippen molar-refractivity contribution in [2.24, 2.45) is 0 Å². The van der Waals surface area contributed by atoms with Crippen LogP contribution in [0, 0.1) is 28.5 Å². The van der Waals surface area contributed by atoms with Crippen LogP contribution < -0.4 is 10.1 Å². The summed E-state index contributed by atoms with van der Waals surface area (Å²) in [4.78, 5) is 16.2. The Hall–Kier alpha value is -3.75. The number of nitrogens with zero attached hydrogens (tertiary/aromatic N) is 3. The number of ether oxygens (including phenoxy) is 2. The zero-order valence-corrected chi connectivity index (χ0v) is 15.2. The molecule has 28 heavy (non-hydrogen) atoms. The molecule has 1 aromatic heterocycles. The molecule has 0 saturated carbocycles. The van der Waals surface area contributed by atoms with Gasteiger partial charge in [-0.1, -0.05) is 24.3 Å². The Kier molecular flexibility index (Phi) is 7.21. The molecule has 0 unspecified atom stereocenters. The van der Waals surface area contributed by atoms with E-state index in [0.717, 1.165) is 0 Å². The van der Waals surface area contributed by atoms with Gasteiger partial charge in [-0.2, -0.15) is 15.5 Å². The average molecular weight is 380 g/mol. The van der Waals surface area contributed by atoms with Gasteiger partial charge in [-0.3, -0.25) is 4.79 Å². The van der Waals surface area contributed by atoms with Crippen LogP contribution in [-0.2, 0) is 9.53 Å². The molecular weight excluding hydrogens is 363 g/mol. The number of halogens is 1. The number of nitriles is 2. The molecule has 0 spiro atoms. The van der Waals surface area contributed by atoms with E-state index in [2.05, 4.69) is 16.9 Å². The third-order valence-corrected chi connectivity index (χ3v) is 3.69. The number of methoxy groups -OCH3 is 1. The molecule has 2 rings (SSSR count). The summed E-state index contributed by atoms with van der Waals surface area (Å²) < 4.78 is 24.7. The van der Waals surface area contributed by atoms with Crippen molar-refractivity contribution in [3.05, 3.63) is 53.9 Å². The van der Waals surface area contributed by atoms with Crippen LogP contribution in [0.15, 0.2) is 36.9 Å². The number of hydrogen-bond donors (Lipinski definition) is 1. The van der Waals surface area contributed by atoms with Crippen LogP contribution in [0.2, 0.25) is 0 Å². The molecule has 0 aliphatic carbocycles. The van der Waals surface area contributed by atoms with Crippen molar-refractivity contribution in [2.45, 2.75) is 6.42 Å². The molecule has 0 aliphatic heterocycles. The number of rotatable bonds is 8. The smallest absolute Gasteiger partial charge is 0.234 e. The molecule has 0 fully saturated rings. The largest absolute Gasteiger partial charge is 0.480 e. The number of anilines is 1. The lowest BCUT2D eigenvalue weighted by Crippen LogP contribution is -2.17. The van der Waals surface area contributed by atoms with Crippen molar-refractivity contribution < 1.29 is 18.7 Å². The van der Waals surface area contributed by atoms with E-state index in [0.29, 0.717) is 6.61 Å². The van der Waals surface area contributed by atoms with Gasteiger partial charge >= 0.3 is 0 Å². The summed E-state index contributed by atoms with van der Waals surface area (Å²) in [6, 6.07) is 9.50. The van der Waals surface area contributed by atoms with Gasteiger partial charge in [0.25, 0.3) is 0 Å². The van der Waals surface area contributed by atoms with Crippen molar-refractivity contribution in [2.75, 3.05) is 25.6 Å². The maximum atomic E-state index is 14.4. The van der Waals surface area contributed by atoms with Crippen LogP contribution in [-0.4, -0.2) is 31.2 Å². The minimum Gasteiger partial charge on any atom is -0.480 e. The fourth-order valence-electron chi connectivity index (χ4n) is 2.47. The van der Waals surface area contributed by atoms with Gasteiger partial charge in [-0.25, -0.2) is 4.39 Å². The molecule has 0 atom stereocenters. The zero-order valence-electron chi connectivity index (χ0n) is 15.2. The van der Waals surface area contributed by atoms with Crippen molar-refractivity contribution in [1.82, 2.24) is 4.98 Å². The highest BCUT2D eigenvalue weighted by atomic mass is 19.1.